The molecule has 1 N–H and O–H groups in total. The van der Waals surface area contributed by atoms with Gasteiger partial charge in [0, 0.05) is 31.3 Å². The third-order valence-electron chi connectivity index (χ3n) is 3.64. The maximum absolute atomic E-state index is 12.2. The minimum absolute atomic E-state index is 0.139. The first-order valence-electron chi connectivity index (χ1n) is 7.75. The molecule has 0 fully saturated rings. The molecule has 2 amide bonds. The van der Waals surface area contributed by atoms with Crippen molar-refractivity contribution in [3.05, 3.63) is 59.7 Å². The van der Waals surface area contributed by atoms with Gasteiger partial charge in [-0.1, -0.05) is 6.07 Å². The number of carbonyl (C=O) groups excluding carboxylic acids is 2. The summed E-state index contributed by atoms with van der Waals surface area (Å²) in [6.07, 6.45) is 0. The number of ether oxygens (including phenoxy) is 1. The normalized spacial score (nSPS) is 9.80. The molecule has 0 aliphatic heterocycles. The van der Waals surface area contributed by atoms with Crippen molar-refractivity contribution in [3.8, 4) is 11.8 Å². The molecule has 0 saturated heterocycles. The van der Waals surface area contributed by atoms with Gasteiger partial charge in [0.1, 0.15) is 5.75 Å². The Hall–Kier alpha value is -3.33. The first-order valence-corrected chi connectivity index (χ1v) is 7.75. The lowest BCUT2D eigenvalue weighted by atomic mass is 10.2. The SMILES string of the molecule is COc1cccc(C(=O)NCCN(C(C)=O)c2ccc(C#N)cc2)c1. The number of nitriles is 1. The van der Waals surface area contributed by atoms with Crippen LogP contribution in [0, 0.1) is 11.3 Å². The Morgan fingerprint density at radius 3 is 2.52 bits per heavy atom. The van der Waals surface area contributed by atoms with Crippen LogP contribution in [0.2, 0.25) is 0 Å². The van der Waals surface area contributed by atoms with Crippen LogP contribution in [0.5, 0.6) is 5.75 Å². The topological polar surface area (TPSA) is 82.4 Å². The Labute approximate surface area is 146 Å². The largest absolute Gasteiger partial charge is 0.497 e. The van der Waals surface area contributed by atoms with Gasteiger partial charge in [-0.2, -0.15) is 5.26 Å². The van der Waals surface area contributed by atoms with Crippen LogP contribution in [0.1, 0.15) is 22.8 Å². The average Bonchev–Trinajstić information content (AvgIpc) is 2.65. The number of rotatable bonds is 6. The van der Waals surface area contributed by atoms with Crippen molar-refractivity contribution >= 4 is 17.5 Å². The molecule has 2 aromatic carbocycles. The molecular formula is C19H19N3O3. The second-order valence-corrected chi connectivity index (χ2v) is 5.32. The third kappa shape index (κ3) is 4.82. The van der Waals surface area contributed by atoms with E-state index in [9.17, 15) is 9.59 Å². The van der Waals surface area contributed by atoms with Gasteiger partial charge in [0.25, 0.3) is 5.91 Å². The molecule has 0 aliphatic rings. The quantitative estimate of drug-likeness (QED) is 0.877. The molecule has 0 saturated carbocycles. The Kier molecular flexibility index (Phi) is 6.13. The minimum Gasteiger partial charge on any atom is -0.497 e. The number of anilines is 1. The van der Waals surface area contributed by atoms with E-state index >= 15 is 0 Å². The predicted octanol–water partition coefficient (Wildman–Crippen LogP) is 2.35. The molecule has 2 aromatic rings. The van der Waals surface area contributed by atoms with Gasteiger partial charge in [0.2, 0.25) is 5.91 Å². The van der Waals surface area contributed by atoms with Crippen LogP contribution >= 0.6 is 0 Å². The minimum atomic E-state index is -0.234. The zero-order valence-electron chi connectivity index (χ0n) is 14.2. The molecule has 128 valence electrons. The summed E-state index contributed by atoms with van der Waals surface area (Å²) in [5.41, 5.74) is 1.70. The van der Waals surface area contributed by atoms with Crippen molar-refractivity contribution in [1.82, 2.24) is 5.32 Å². The van der Waals surface area contributed by atoms with Crippen LogP contribution in [-0.4, -0.2) is 32.0 Å². The van der Waals surface area contributed by atoms with Crippen molar-refractivity contribution < 1.29 is 14.3 Å². The molecule has 0 aliphatic carbocycles. The third-order valence-corrected chi connectivity index (χ3v) is 3.64. The Bertz CT molecular complexity index is 794. The molecule has 2 rings (SSSR count). The van der Waals surface area contributed by atoms with Crippen molar-refractivity contribution in [2.45, 2.75) is 6.92 Å². The highest BCUT2D eigenvalue weighted by molar-refractivity contribution is 5.95. The van der Waals surface area contributed by atoms with Gasteiger partial charge < -0.3 is 15.0 Å². The summed E-state index contributed by atoms with van der Waals surface area (Å²) in [5.74, 6) is 0.234. The molecule has 0 heterocycles. The Balaban J connectivity index is 1.98. The Morgan fingerprint density at radius 1 is 1.20 bits per heavy atom. The fourth-order valence-electron chi connectivity index (χ4n) is 2.33. The number of methoxy groups -OCH3 is 1. The zero-order valence-corrected chi connectivity index (χ0v) is 14.2. The highest BCUT2D eigenvalue weighted by Gasteiger charge is 2.12. The number of nitrogens with one attached hydrogen (secondary N) is 1. The van der Waals surface area contributed by atoms with E-state index in [-0.39, 0.29) is 11.8 Å². The molecule has 6 nitrogen and oxygen atoms in total. The molecular weight excluding hydrogens is 318 g/mol. The van der Waals surface area contributed by atoms with E-state index < -0.39 is 0 Å². The summed E-state index contributed by atoms with van der Waals surface area (Å²) >= 11 is 0. The molecule has 0 spiro atoms. The van der Waals surface area contributed by atoms with E-state index in [1.165, 1.54) is 6.92 Å². The number of carbonyl (C=O) groups is 2. The summed E-state index contributed by atoms with van der Waals surface area (Å²) in [5, 5.41) is 11.6. The lowest BCUT2D eigenvalue weighted by molar-refractivity contribution is -0.116. The standard InChI is InChI=1S/C19H19N3O3/c1-14(23)22(17-8-6-15(13-20)7-9-17)11-10-21-19(24)16-4-3-5-18(12-16)25-2/h3-9,12H,10-11H2,1-2H3,(H,21,24). The van der Waals surface area contributed by atoms with Crippen LogP contribution in [0.25, 0.3) is 0 Å². The molecule has 0 atom stereocenters. The molecule has 25 heavy (non-hydrogen) atoms. The van der Waals surface area contributed by atoms with E-state index in [0.29, 0.717) is 35.7 Å². The number of benzene rings is 2. The van der Waals surface area contributed by atoms with Crippen LogP contribution in [0.3, 0.4) is 0 Å². The van der Waals surface area contributed by atoms with E-state index in [2.05, 4.69) is 5.32 Å². The van der Waals surface area contributed by atoms with Crippen molar-refractivity contribution in [1.29, 1.82) is 5.26 Å². The number of hydrogen-bond donors (Lipinski definition) is 1. The molecule has 0 radical (unpaired) electrons. The van der Waals surface area contributed by atoms with Gasteiger partial charge in [0.05, 0.1) is 18.7 Å². The first-order chi connectivity index (χ1) is 12.0. The van der Waals surface area contributed by atoms with Gasteiger partial charge in [-0.25, -0.2) is 0 Å². The van der Waals surface area contributed by atoms with Crippen molar-refractivity contribution in [2.24, 2.45) is 0 Å². The van der Waals surface area contributed by atoms with E-state index in [1.54, 1.807) is 60.5 Å². The van der Waals surface area contributed by atoms with Crippen LogP contribution in [0.4, 0.5) is 5.69 Å². The first kappa shape index (κ1) is 18.0. The van der Waals surface area contributed by atoms with E-state index in [1.807, 2.05) is 6.07 Å². The summed E-state index contributed by atoms with van der Waals surface area (Å²) in [4.78, 5) is 25.6. The highest BCUT2D eigenvalue weighted by atomic mass is 16.5. The summed E-state index contributed by atoms with van der Waals surface area (Å²) in [6.45, 7) is 2.09. The zero-order chi connectivity index (χ0) is 18.2. The second kappa shape index (κ2) is 8.50. The Morgan fingerprint density at radius 2 is 1.92 bits per heavy atom. The van der Waals surface area contributed by atoms with Crippen molar-refractivity contribution in [3.63, 3.8) is 0 Å². The maximum Gasteiger partial charge on any atom is 0.251 e. The van der Waals surface area contributed by atoms with Crippen LogP contribution < -0.4 is 15.0 Å². The highest BCUT2D eigenvalue weighted by Crippen LogP contribution is 2.15. The monoisotopic (exact) mass is 337 g/mol. The van der Waals surface area contributed by atoms with Crippen LogP contribution in [-0.2, 0) is 4.79 Å². The maximum atomic E-state index is 12.2. The number of nitrogens with zero attached hydrogens (tertiary/aromatic N) is 2. The second-order valence-electron chi connectivity index (χ2n) is 5.32. The van der Waals surface area contributed by atoms with Gasteiger partial charge in [-0.3, -0.25) is 9.59 Å². The molecule has 0 unspecified atom stereocenters. The molecule has 6 heteroatoms. The van der Waals surface area contributed by atoms with E-state index in [0.717, 1.165) is 0 Å². The van der Waals surface area contributed by atoms with Gasteiger partial charge in [-0.15, -0.1) is 0 Å². The van der Waals surface area contributed by atoms with E-state index in [4.69, 9.17) is 10.00 Å². The lowest BCUT2D eigenvalue weighted by Gasteiger charge is -2.21. The summed E-state index contributed by atoms with van der Waals surface area (Å²) in [7, 11) is 1.54. The van der Waals surface area contributed by atoms with Gasteiger partial charge >= 0.3 is 0 Å². The number of amides is 2. The fourth-order valence-corrected chi connectivity index (χ4v) is 2.33. The average molecular weight is 337 g/mol. The lowest BCUT2D eigenvalue weighted by Crippen LogP contribution is -2.37. The molecule has 0 bridgehead atoms. The van der Waals surface area contributed by atoms with Crippen LogP contribution in [0.15, 0.2) is 48.5 Å². The number of hydrogen-bond acceptors (Lipinski definition) is 4. The predicted molar refractivity (Wildman–Crippen MR) is 94.5 cm³/mol. The van der Waals surface area contributed by atoms with Crippen molar-refractivity contribution in [2.75, 3.05) is 25.1 Å². The summed E-state index contributed by atoms with van der Waals surface area (Å²) in [6, 6.07) is 15.6. The van der Waals surface area contributed by atoms with Gasteiger partial charge in [-0.05, 0) is 42.5 Å². The smallest absolute Gasteiger partial charge is 0.251 e. The fraction of sp³-hybridized carbons (Fsp3) is 0.211. The summed E-state index contributed by atoms with van der Waals surface area (Å²) < 4.78 is 5.10. The molecule has 0 aromatic heterocycles. The van der Waals surface area contributed by atoms with Gasteiger partial charge in [0.15, 0.2) is 0 Å².